The lowest BCUT2D eigenvalue weighted by Crippen LogP contribution is -2.52. The molecule has 4 heterocycles. The molecule has 5 rings (SSSR count). The lowest BCUT2D eigenvalue weighted by atomic mass is 10.0. The van der Waals surface area contributed by atoms with E-state index in [0.717, 1.165) is 63.6 Å². The summed E-state index contributed by atoms with van der Waals surface area (Å²) in [7, 11) is 5.90. The first-order valence-electron chi connectivity index (χ1n) is 17.2. The van der Waals surface area contributed by atoms with E-state index < -0.39 is 11.7 Å². The molecule has 3 saturated heterocycles. The summed E-state index contributed by atoms with van der Waals surface area (Å²) in [5, 5.41) is 5.48. The van der Waals surface area contributed by atoms with Crippen LogP contribution in [-0.2, 0) is 6.18 Å². The molecule has 0 spiro atoms. The number of rotatable bonds is 13. The largest absolute Gasteiger partial charge is 0.421 e. The molecule has 256 valence electrons. The number of nitrogens with one attached hydrogen (secondary N) is 2. The van der Waals surface area contributed by atoms with Gasteiger partial charge >= 0.3 is 6.18 Å². The number of nitrogens with zero attached hydrogens (tertiary/aromatic N) is 7. The molecule has 1 aromatic rings. The van der Waals surface area contributed by atoms with Gasteiger partial charge in [0.25, 0.3) is 0 Å². The van der Waals surface area contributed by atoms with Crippen LogP contribution in [-0.4, -0.2) is 146 Å². The smallest absolute Gasteiger partial charge is 0.369 e. The van der Waals surface area contributed by atoms with Crippen LogP contribution in [0.25, 0.3) is 0 Å². The van der Waals surface area contributed by atoms with E-state index in [0.29, 0.717) is 12.6 Å². The van der Waals surface area contributed by atoms with Crippen LogP contribution in [0.15, 0.2) is 18.9 Å². The lowest BCUT2D eigenvalue weighted by Gasteiger charge is -2.42. The fourth-order valence-corrected chi connectivity index (χ4v) is 6.75. The van der Waals surface area contributed by atoms with E-state index in [1.54, 1.807) is 7.05 Å². The molecular weight excluding hydrogens is 579 g/mol. The first-order valence-corrected chi connectivity index (χ1v) is 17.2. The molecule has 45 heavy (non-hydrogen) atoms. The Bertz CT molecular complexity index is 998. The first-order chi connectivity index (χ1) is 21.7. The SMILES string of the molecule is C=CCN1CCC(N(C)CCCNc2nc(NC)ncc2C(F)(F)F)CC1.CN1CCN(C2CCN(CCC3CC3)CC2)CC1. The molecule has 9 nitrogen and oxygen atoms in total. The van der Waals surface area contributed by atoms with Crippen molar-refractivity contribution in [2.24, 2.45) is 5.92 Å². The van der Waals surface area contributed by atoms with Gasteiger partial charge in [0.05, 0.1) is 0 Å². The minimum absolute atomic E-state index is 0.161. The zero-order valence-electron chi connectivity index (χ0n) is 28.0. The van der Waals surface area contributed by atoms with E-state index in [4.69, 9.17) is 0 Å². The molecule has 0 bridgehead atoms. The maximum Gasteiger partial charge on any atom is 0.421 e. The average Bonchev–Trinajstić information content (AvgIpc) is 3.88. The summed E-state index contributed by atoms with van der Waals surface area (Å²) in [5.41, 5.74) is -0.843. The monoisotopic (exact) mass is 637 g/mol. The van der Waals surface area contributed by atoms with E-state index in [9.17, 15) is 13.2 Å². The molecular formula is C33H58F3N9. The molecule has 0 unspecified atom stereocenters. The van der Waals surface area contributed by atoms with E-state index in [2.05, 4.69) is 65.8 Å². The van der Waals surface area contributed by atoms with Crippen molar-refractivity contribution in [1.29, 1.82) is 0 Å². The Balaban J connectivity index is 0.000000220. The lowest BCUT2D eigenvalue weighted by molar-refractivity contribution is -0.137. The van der Waals surface area contributed by atoms with Crippen molar-refractivity contribution >= 4 is 11.8 Å². The van der Waals surface area contributed by atoms with Gasteiger partial charge in [-0.25, -0.2) is 4.98 Å². The average molecular weight is 638 g/mol. The van der Waals surface area contributed by atoms with Gasteiger partial charge in [0.2, 0.25) is 5.95 Å². The number of likely N-dealkylation sites (N-methyl/N-ethyl adjacent to an activating group) is 1. The molecule has 1 saturated carbocycles. The Kier molecular flexibility index (Phi) is 14.2. The maximum absolute atomic E-state index is 13.1. The number of aromatic nitrogens is 2. The summed E-state index contributed by atoms with van der Waals surface area (Å²) in [6.07, 6.45) is 8.52. The summed E-state index contributed by atoms with van der Waals surface area (Å²) in [4.78, 5) is 20.2. The van der Waals surface area contributed by atoms with Gasteiger partial charge in [0.15, 0.2) is 0 Å². The normalized spacial score (nSPS) is 21.8. The van der Waals surface area contributed by atoms with Crippen molar-refractivity contribution in [2.75, 3.05) is 110 Å². The molecule has 0 atom stereocenters. The second-order valence-electron chi connectivity index (χ2n) is 13.4. The maximum atomic E-state index is 13.1. The predicted molar refractivity (Wildman–Crippen MR) is 178 cm³/mol. The van der Waals surface area contributed by atoms with Gasteiger partial charge in [-0.15, -0.1) is 6.58 Å². The number of alkyl halides is 3. The highest BCUT2D eigenvalue weighted by atomic mass is 19.4. The molecule has 0 radical (unpaired) electrons. The van der Waals surface area contributed by atoms with Crippen molar-refractivity contribution in [3.8, 4) is 0 Å². The minimum Gasteiger partial charge on any atom is -0.369 e. The Morgan fingerprint density at radius 1 is 0.978 bits per heavy atom. The summed E-state index contributed by atoms with van der Waals surface area (Å²) in [5.74, 6) is 1.08. The molecule has 4 aliphatic rings. The van der Waals surface area contributed by atoms with Crippen molar-refractivity contribution < 1.29 is 13.2 Å². The Hall–Kier alpha value is -1.99. The topological polar surface area (TPSA) is 66.0 Å². The highest BCUT2D eigenvalue weighted by molar-refractivity contribution is 5.48. The van der Waals surface area contributed by atoms with E-state index in [1.807, 2.05) is 6.08 Å². The van der Waals surface area contributed by atoms with Crippen LogP contribution in [0.2, 0.25) is 0 Å². The second kappa shape index (κ2) is 17.8. The van der Waals surface area contributed by atoms with Gasteiger partial charge in [-0.05, 0) is 97.8 Å². The zero-order valence-corrected chi connectivity index (χ0v) is 28.0. The van der Waals surface area contributed by atoms with Gasteiger partial charge in [-0.2, -0.15) is 18.2 Å². The number of piperazine rings is 1. The molecule has 2 N–H and O–H groups in total. The number of likely N-dealkylation sites (tertiary alicyclic amines) is 2. The van der Waals surface area contributed by atoms with Crippen molar-refractivity contribution in [1.82, 2.24) is 34.5 Å². The fourth-order valence-electron chi connectivity index (χ4n) is 6.75. The number of anilines is 2. The minimum atomic E-state index is -4.48. The summed E-state index contributed by atoms with van der Waals surface area (Å²) in [6, 6.07) is 1.41. The van der Waals surface area contributed by atoms with Crippen LogP contribution in [0.4, 0.5) is 24.9 Å². The Morgan fingerprint density at radius 3 is 2.24 bits per heavy atom. The van der Waals surface area contributed by atoms with Crippen molar-refractivity contribution in [2.45, 2.75) is 69.6 Å². The van der Waals surface area contributed by atoms with Crippen molar-refractivity contribution in [3.05, 3.63) is 24.4 Å². The van der Waals surface area contributed by atoms with Gasteiger partial charge < -0.3 is 25.3 Å². The Labute approximate surface area is 269 Å². The molecule has 12 heteroatoms. The van der Waals surface area contributed by atoms with Gasteiger partial charge in [-0.1, -0.05) is 18.9 Å². The first kappa shape index (κ1) is 35.9. The van der Waals surface area contributed by atoms with Crippen molar-refractivity contribution in [3.63, 3.8) is 0 Å². The van der Waals surface area contributed by atoms with E-state index in [-0.39, 0.29) is 11.8 Å². The molecule has 3 aliphatic heterocycles. The van der Waals surface area contributed by atoms with Crippen LogP contribution >= 0.6 is 0 Å². The van der Waals surface area contributed by atoms with Crippen LogP contribution in [0.3, 0.4) is 0 Å². The fraction of sp³-hybridized carbons (Fsp3) is 0.818. The number of halogens is 3. The van der Waals surface area contributed by atoms with Crippen LogP contribution in [0.5, 0.6) is 0 Å². The predicted octanol–water partition coefficient (Wildman–Crippen LogP) is 4.42. The highest BCUT2D eigenvalue weighted by Crippen LogP contribution is 2.34. The molecule has 0 amide bonds. The van der Waals surface area contributed by atoms with Gasteiger partial charge in [0, 0.05) is 64.6 Å². The van der Waals surface area contributed by atoms with Crippen LogP contribution in [0.1, 0.15) is 56.9 Å². The zero-order chi connectivity index (χ0) is 32.2. The highest BCUT2D eigenvalue weighted by Gasteiger charge is 2.35. The van der Waals surface area contributed by atoms with Gasteiger partial charge in [0.1, 0.15) is 11.4 Å². The third-order valence-corrected chi connectivity index (χ3v) is 10.0. The number of hydrogen-bond acceptors (Lipinski definition) is 9. The third-order valence-electron chi connectivity index (χ3n) is 10.0. The Morgan fingerprint density at radius 2 is 1.64 bits per heavy atom. The molecule has 1 aromatic heterocycles. The van der Waals surface area contributed by atoms with E-state index >= 15 is 0 Å². The molecule has 0 aromatic carbocycles. The molecule has 4 fully saturated rings. The van der Waals surface area contributed by atoms with E-state index in [1.165, 1.54) is 77.9 Å². The van der Waals surface area contributed by atoms with Gasteiger partial charge in [-0.3, -0.25) is 9.80 Å². The summed E-state index contributed by atoms with van der Waals surface area (Å²) in [6.45, 7) is 17.3. The number of hydrogen-bond donors (Lipinski definition) is 2. The van der Waals surface area contributed by atoms with Crippen LogP contribution in [0, 0.1) is 5.92 Å². The quantitative estimate of drug-likeness (QED) is 0.242. The standard InChI is InChI=1S/C18H29F3N6.C15H29N3/c1-4-9-27-11-6-14(7-12-27)26(3)10-5-8-23-16-15(18(19,20)21)13-24-17(22-2)25-16;1-16-10-12-18(13-11-16)15-5-8-17(9-6-15)7-4-14-2-3-14/h4,13-14H,1,5-12H2,2-3H3,(H2,22,23,24,25);14-15H,2-13H2,1H3. The number of piperidine rings is 2. The summed E-state index contributed by atoms with van der Waals surface area (Å²) >= 11 is 0. The van der Waals surface area contributed by atoms with Crippen LogP contribution < -0.4 is 10.6 Å². The summed E-state index contributed by atoms with van der Waals surface area (Å²) < 4.78 is 39.3. The second-order valence-corrected chi connectivity index (χ2v) is 13.4. The third kappa shape index (κ3) is 12.0. The molecule has 1 aliphatic carbocycles.